The Morgan fingerprint density at radius 1 is 0.833 bits per heavy atom. The van der Waals surface area contributed by atoms with Crippen LogP contribution in [0.4, 0.5) is 0 Å². The van der Waals surface area contributed by atoms with Crippen molar-refractivity contribution in [2.24, 2.45) is 16.2 Å². The first kappa shape index (κ1) is 21.2. The molecule has 138 valence electrons. The van der Waals surface area contributed by atoms with E-state index >= 15 is 0 Å². The van der Waals surface area contributed by atoms with Gasteiger partial charge in [-0.3, -0.25) is 0 Å². The van der Waals surface area contributed by atoms with Gasteiger partial charge in [-0.2, -0.15) is 0 Å². The van der Waals surface area contributed by atoms with Gasteiger partial charge in [-0.25, -0.2) is 0 Å². The molecule has 0 N–H and O–H groups in total. The minimum absolute atomic E-state index is 0.239. The summed E-state index contributed by atoms with van der Waals surface area (Å²) in [5.74, 6) is 0. The molecule has 0 bridgehead atoms. The largest absolute Gasteiger partial charge is 0.371 e. The molecule has 1 nitrogen and oxygen atoms in total. The van der Waals surface area contributed by atoms with E-state index in [0.29, 0.717) is 5.41 Å². The van der Waals surface area contributed by atoms with Crippen molar-refractivity contribution in [3.63, 3.8) is 0 Å². The number of benzene rings is 1. The number of hydrogen-bond donors (Lipinski definition) is 0. The van der Waals surface area contributed by atoms with E-state index < -0.39 is 0 Å². The Balaban J connectivity index is 2.71. The van der Waals surface area contributed by atoms with Crippen LogP contribution in [-0.2, 0) is 10.3 Å². The van der Waals surface area contributed by atoms with Crippen LogP contribution in [0.5, 0.6) is 0 Å². The number of rotatable bonds is 7. The summed E-state index contributed by atoms with van der Waals surface area (Å²) in [6.45, 7) is 23.9. The summed E-state index contributed by atoms with van der Waals surface area (Å²) in [5.41, 5.74) is 3.18. The molecule has 0 aliphatic carbocycles. The van der Waals surface area contributed by atoms with E-state index in [2.05, 4.69) is 93.5 Å². The van der Waals surface area contributed by atoms with Crippen LogP contribution in [0.15, 0.2) is 24.3 Å². The van der Waals surface area contributed by atoms with Gasteiger partial charge in [0.1, 0.15) is 0 Å². The Kier molecular flexibility index (Phi) is 6.36. The average Bonchev–Trinajstić information content (AvgIpc) is 2.35. The normalized spacial score (nSPS) is 14.1. The fraction of sp³-hybridized carbons (Fsp3) is 0.739. The summed E-state index contributed by atoms with van der Waals surface area (Å²) in [6.07, 6.45) is 2.29. The van der Waals surface area contributed by atoms with Crippen LogP contribution in [0.25, 0.3) is 0 Å². The Hall–Kier alpha value is -0.820. The molecule has 0 saturated carbocycles. The van der Waals surface area contributed by atoms with Gasteiger partial charge < -0.3 is 4.74 Å². The zero-order chi connectivity index (χ0) is 18.8. The molecule has 0 aromatic heterocycles. The third-order valence-electron chi connectivity index (χ3n) is 5.71. The minimum atomic E-state index is -0.240. The topological polar surface area (TPSA) is 9.23 Å². The van der Waals surface area contributed by atoms with Crippen molar-refractivity contribution in [1.29, 1.82) is 0 Å². The van der Waals surface area contributed by atoms with Crippen LogP contribution >= 0.6 is 0 Å². The minimum Gasteiger partial charge on any atom is -0.371 e. The standard InChI is InChI=1S/C23H40O/c1-18-12-11-13-19(16-18)23(9,10)24-15-14-21(5,6)22(7,8)17-20(2,3)4/h11-13,16H,14-15,17H2,1-10H3. The highest BCUT2D eigenvalue weighted by Crippen LogP contribution is 2.48. The molecule has 1 rings (SSSR count). The van der Waals surface area contributed by atoms with Gasteiger partial charge in [0.15, 0.2) is 0 Å². The average molecular weight is 333 g/mol. The molecule has 24 heavy (non-hydrogen) atoms. The van der Waals surface area contributed by atoms with Crippen LogP contribution in [0.1, 0.15) is 86.3 Å². The first-order chi connectivity index (χ1) is 10.7. The maximum atomic E-state index is 6.33. The van der Waals surface area contributed by atoms with E-state index in [9.17, 15) is 0 Å². The van der Waals surface area contributed by atoms with Crippen LogP contribution in [0.2, 0.25) is 0 Å². The zero-order valence-electron chi connectivity index (χ0n) is 17.8. The summed E-state index contributed by atoms with van der Waals surface area (Å²) < 4.78 is 6.33. The molecular formula is C23H40O. The maximum Gasteiger partial charge on any atom is 0.0875 e. The van der Waals surface area contributed by atoms with Crippen molar-refractivity contribution in [1.82, 2.24) is 0 Å². The number of hydrogen-bond acceptors (Lipinski definition) is 1. The highest BCUT2D eigenvalue weighted by molar-refractivity contribution is 5.26. The van der Waals surface area contributed by atoms with E-state index in [1.807, 2.05) is 0 Å². The Bertz CT molecular complexity index is 529. The molecule has 0 amide bonds. The van der Waals surface area contributed by atoms with E-state index in [1.165, 1.54) is 17.5 Å². The van der Waals surface area contributed by atoms with Crippen molar-refractivity contribution in [3.8, 4) is 0 Å². The summed E-state index contributed by atoms with van der Waals surface area (Å²) in [7, 11) is 0. The lowest BCUT2D eigenvalue weighted by Gasteiger charge is -2.46. The van der Waals surface area contributed by atoms with Crippen molar-refractivity contribution in [2.75, 3.05) is 6.61 Å². The van der Waals surface area contributed by atoms with Gasteiger partial charge in [0.25, 0.3) is 0 Å². The Labute approximate surface area is 151 Å². The lowest BCUT2D eigenvalue weighted by Crippen LogP contribution is -2.37. The van der Waals surface area contributed by atoms with E-state index in [4.69, 9.17) is 4.74 Å². The van der Waals surface area contributed by atoms with Crippen LogP contribution in [0, 0.1) is 23.2 Å². The first-order valence-electron chi connectivity index (χ1n) is 9.37. The van der Waals surface area contributed by atoms with Crippen LogP contribution in [0.3, 0.4) is 0 Å². The monoisotopic (exact) mass is 332 g/mol. The molecule has 0 aliphatic heterocycles. The van der Waals surface area contributed by atoms with Crippen molar-refractivity contribution in [3.05, 3.63) is 35.4 Å². The smallest absolute Gasteiger partial charge is 0.0875 e. The third-order valence-corrected chi connectivity index (χ3v) is 5.71. The van der Waals surface area contributed by atoms with Crippen molar-refractivity contribution >= 4 is 0 Å². The molecule has 1 heteroatoms. The molecule has 0 fully saturated rings. The lowest BCUT2D eigenvalue weighted by atomic mass is 9.60. The summed E-state index contributed by atoms with van der Waals surface area (Å²) in [6, 6.07) is 8.65. The van der Waals surface area contributed by atoms with Gasteiger partial charge in [0.05, 0.1) is 5.60 Å². The van der Waals surface area contributed by atoms with E-state index in [1.54, 1.807) is 0 Å². The molecule has 0 heterocycles. The summed E-state index contributed by atoms with van der Waals surface area (Å²) in [4.78, 5) is 0. The maximum absolute atomic E-state index is 6.33. The quantitative estimate of drug-likeness (QED) is 0.516. The fourth-order valence-corrected chi connectivity index (χ4v) is 3.57. The third kappa shape index (κ3) is 5.92. The second-order valence-corrected chi connectivity index (χ2v) is 10.5. The van der Waals surface area contributed by atoms with Crippen molar-refractivity contribution < 1.29 is 4.74 Å². The molecule has 0 saturated heterocycles. The lowest BCUT2D eigenvalue weighted by molar-refractivity contribution is -0.0519. The SMILES string of the molecule is Cc1cccc(C(C)(C)OCCC(C)(C)C(C)(C)CC(C)(C)C)c1. The molecule has 0 spiro atoms. The van der Waals surface area contributed by atoms with Gasteiger partial charge in [0, 0.05) is 6.61 Å². The molecular weight excluding hydrogens is 292 g/mol. The molecule has 0 radical (unpaired) electrons. The fourth-order valence-electron chi connectivity index (χ4n) is 3.57. The van der Waals surface area contributed by atoms with Gasteiger partial charge >= 0.3 is 0 Å². The molecule has 0 aliphatic rings. The second kappa shape index (κ2) is 7.20. The van der Waals surface area contributed by atoms with E-state index in [0.717, 1.165) is 13.0 Å². The predicted molar refractivity (Wildman–Crippen MR) is 106 cm³/mol. The van der Waals surface area contributed by atoms with Gasteiger partial charge in [-0.05, 0) is 55.4 Å². The Morgan fingerprint density at radius 3 is 1.92 bits per heavy atom. The molecule has 0 atom stereocenters. The van der Waals surface area contributed by atoms with E-state index in [-0.39, 0.29) is 16.4 Å². The molecule has 1 aromatic rings. The van der Waals surface area contributed by atoms with Crippen LogP contribution < -0.4 is 0 Å². The van der Waals surface area contributed by atoms with Crippen LogP contribution in [-0.4, -0.2) is 6.61 Å². The number of aryl methyl sites for hydroxylation is 1. The van der Waals surface area contributed by atoms with Gasteiger partial charge in [-0.15, -0.1) is 0 Å². The molecule has 1 aromatic carbocycles. The highest BCUT2D eigenvalue weighted by Gasteiger charge is 2.39. The number of ether oxygens (including phenoxy) is 1. The predicted octanol–water partition coefficient (Wildman–Crippen LogP) is 7.13. The Morgan fingerprint density at radius 2 is 1.42 bits per heavy atom. The first-order valence-corrected chi connectivity index (χ1v) is 9.37. The second-order valence-electron chi connectivity index (χ2n) is 10.5. The van der Waals surface area contributed by atoms with Crippen molar-refractivity contribution in [2.45, 2.75) is 87.7 Å². The summed E-state index contributed by atoms with van der Waals surface area (Å²) >= 11 is 0. The highest BCUT2D eigenvalue weighted by atomic mass is 16.5. The van der Waals surface area contributed by atoms with Gasteiger partial charge in [-0.1, -0.05) is 78.3 Å². The summed E-state index contributed by atoms with van der Waals surface area (Å²) in [5, 5.41) is 0. The molecule has 0 unspecified atom stereocenters. The van der Waals surface area contributed by atoms with Gasteiger partial charge in [0.2, 0.25) is 0 Å². The zero-order valence-corrected chi connectivity index (χ0v) is 17.8.